The summed E-state index contributed by atoms with van der Waals surface area (Å²) >= 11 is 0. The Morgan fingerprint density at radius 3 is 2.68 bits per heavy atom. The minimum atomic E-state index is -0.312. The fourth-order valence-corrected chi connectivity index (χ4v) is 2.39. The van der Waals surface area contributed by atoms with Gasteiger partial charge in [0.2, 0.25) is 5.96 Å². The maximum atomic E-state index is 12.5. The van der Waals surface area contributed by atoms with E-state index in [4.69, 9.17) is 16.3 Å². The van der Waals surface area contributed by atoms with Gasteiger partial charge in [0.1, 0.15) is 5.69 Å². The standard InChI is InChI=1S/C18H19N5O2/c1-23(17(24)15-10-12-6-2-4-8-14(12)21-15)18(20)22-25-16-9-5-3-7-13(16)11-19/h2-10,21H,11,19H2,1H3,(H2,20,22). The first-order valence-corrected chi connectivity index (χ1v) is 7.74. The number of fused-ring (bicyclic) bond motifs is 1. The van der Waals surface area contributed by atoms with E-state index in [9.17, 15) is 4.79 Å². The molecule has 1 amide bonds. The van der Waals surface area contributed by atoms with E-state index in [0.29, 0.717) is 18.0 Å². The summed E-state index contributed by atoms with van der Waals surface area (Å²) in [5.74, 6) is 0.128. The molecule has 128 valence electrons. The van der Waals surface area contributed by atoms with Crippen molar-refractivity contribution in [1.82, 2.24) is 9.88 Å². The molecule has 0 atom stereocenters. The third kappa shape index (κ3) is 3.46. The molecule has 0 saturated heterocycles. The highest BCUT2D eigenvalue weighted by Gasteiger charge is 2.17. The number of nitrogens with zero attached hydrogens (tertiary/aromatic N) is 2. The summed E-state index contributed by atoms with van der Waals surface area (Å²) in [7, 11) is 1.53. The Kier molecular flexibility index (Phi) is 4.67. The Hall–Kier alpha value is -3.32. The molecule has 0 saturated carbocycles. The second-order valence-corrected chi connectivity index (χ2v) is 5.49. The Labute approximate surface area is 144 Å². The zero-order valence-corrected chi connectivity index (χ0v) is 13.8. The number of carbonyl (C=O) groups excluding carboxylic acids is 1. The number of nitrogens with one attached hydrogen (secondary N) is 1. The van der Waals surface area contributed by atoms with Gasteiger partial charge in [-0.15, -0.1) is 0 Å². The molecular formula is C18H19N5O2. The molecule has 0 spiro atoms. The molecule has 0 radical (unpaired) electrons. The molecular weight excluding hydrogens is 318 g/mol. The van der Waals surface area contributed by atoms with Crippen LogP contribution in [0.4, 0.5) is 0 Å². The van der Waals surface area contributed by atoms with E-state index in [0.717, 1.165) is 16.5 Å². The lowest BCUT2D eigenvalue weighted by molar-refractivity contribution is 0.0861. The zero-order valence-electron chi connectivity index (χ0n) is 13.8. The Morgan fingerprint density at radius 2 is 1.92 bits per heavy atom. The molecule has 3 aromatic rings. The average Bonchev–Trinajstić information content (AvgIpc) is 3.09. The molecule has 7 heteroatoms. The van der Waals surface area contributed by atoms with Crippen molar-refractivity contribution in [3.8, 4) is 5.75 Å². The van der Waals surface area contributed by atoms with Gasteiger partial charge in [-0.3, -0.25) is 9.69 Å². The molecule has 0 aliphatic rings. The van der Waals surface area contributed by atoms with Gasteiger partial charge in [0.05, 0.1) is 0 Å². The van der Waals surface area contributed by atoms with Crippen molar-refractivity contribution in [1.29, 1.82) is 0 Å². The molecule has 0 aliphatic carbocycles. The predicted molar refractivity (Wildman–Crippen MR) is 97.0 cm³/mol. The lowest BCUT2D eigenvalue weighted by atomic mass is 10.2. The van der Waals surface area contributed by atoms with E-state index in [1.807, 2.05) is 36.4 Å². The Balaban J connectivity index is 1.76. The summed E-state index contributed by atoms with van der Waals surface area (Å²) in [6, 6.07) is 16.6. The highest BCUT2D eigenvalue weighted by atomic mass is 16.6. The van der Waals surface area contributed by atoms with Gasteiger partial charge in [0.25, 0.3) is 5.91 Å². The number of aromatic nitrogens is 1. The van der Waals surface area contributed by atoms with Crippen molar-refractivity contribution in [2.45, 2.75) is 6.54 Å². The van der Waals surface area contributed by atoms with Crippen LogP contribution in [0, 0.1) is 0 Å². The third-order valence-electron chi connectivity index (χ3n) is 3.84. The van der Waals surface area contributed by atoms with Crippen molar-refractivity contribution < 1.29 is 9.63 Å². The third-order valence-corrected chi connectivity index (χ3v) is 3.84. The van der Waals surface area contributed by atoms with Gasteiger partial charge in [-0.1, -0.05) is 36.4 Å². The first kappa shape index (κ1) is 16.5. The summed E-state index contributed by atoms with van der Waals surface area (Å²) in [6.07, 6.45) is 0. The lowest BCUT2D eigenvalue weighted by Crippen LogP contribution is -2.39. The van der Waals surface area contributed by atoms with Crippen LogP contribution < -0.4 is 16.3 Å². The van der Waals surface area contributed by atoms with Crippen molar-refractivity contribution in [2.24, 2.45) is 16.6 Å². The number of carbonyl (C=O) groups is 1. The lowest BCUT2D eigenvalue weighted by Gasteiger charge is -2.14. The molecule has 2 aromatic carbocycles. The Morgan fingerprint density at radius 1 is 1.20 bits per heavy atom. The maximum absolute atomic E-state index is 12.5. The van der Waals surface area contributed by atoms with Gasteiger partial charge in [-0.25, -0.2) is 0 Å². The van der Waals surface area contributed by atoms with Crippen LogP contribution in [0.5, 0.6) is 5.75 Å². The van der Waals surface area contributed by atoms with Crippen LogP contribution in [0.3, 0.4) is 0 Å². The Bertz CT molecular complexity index is 899. The summed E-state index contributed by atoms with van der Waals surface area (Å²) in [4.78, 5) is 22.2. The number of amides is 1. The predicted octanol–water partition coefficient (Wildman–Crippen LogP) is 2.01. The van der Waals surface area contributed by atoms with E-state index in [2.05, 4.69) is 10.1 Å². The number of guanidine groups is 1. The molecule has 7 nitrogen and oxygen atoms in total. The van der Waals surface area contributed by atoms with E-state index < -0.39 is 0 Å². The molecule has 0 bridgehead atoms. The van der Waals surface area contributed by atoms with Crippen molar-refractivity contribution in [2.75, 3.05) is 7.05 Å². The minimum absolute atomic E-state index is 0.0597. The van der Waals surface area contributed by atoms with E-state index in [-0.39, 0.29) is 11.9 Å². The van der Waals surface area contributed by atoms with Gasteiger partial charge < -0.3 is 21.3 Å². The number of hydrogen-bond acceptors (Lipinski definition) is 4. The van der Waals surface area contributed by atoms with Crippen molar-refractivity contribution in [3.05, 3.63) is 65.9 Å². The normalized spacial score (nSPS) is 11.5. The van der Waals surface area contributed by atoms with Crippen molar-refractivity contribution >= 4 is 22.8 Å². The van der Waals surface area contributed by atoms with E-state index >= 15 is 0 Å². The van der Waals surface area contributed by atoms with Gasteiger partial charge in [-0.05, 0) is 23.4 Å². The molecule has 0 fully saturated rings. The SMILES string of the molecule is CN(C(=O)c1cc2ccccc2[nH]1)C(N)=NOc1ccccc1CN. The average molecular weight is 337 g/mol. The monoisotopic (exact) mass is 337 g/mol. The number of aromatic amines is 1. The molecule has 0 unspecified atom stereocenters. The smallest absolute Gasteiger partial charge is 0.276 e. The molecule has 25 heavy (non-hydrogen) atoms. The minimum Gasteiger partial charge on any atom is -0.367 e. The summed E-state index contributed by atoms with van der Waals surface area (Å²) < 4.78 is 0. The van der Waals surface area contributed by atoms with Gasteiger partial charge in [0, 0.05) is 30.1 Å². The molecule has 0 aliphatic heterocycles. The molecule has 3 rings (SSSR count). The van der Waals surface area contributed by atoms with Crippen LogP contribution in [0.2, 0.25) is 0 Å². The second kappa shape index (κ2) is 7.06. The van der Waals surface area contributed by atoms with Crippen LogP contribution in [0.25, 0.3) is 10.9 Å². The largest absolute Gasteiger partial charge is 0.367 e. The fraction of sp³-hybridized carbons (Fsp3) is 0.111. The summed E-state index contributed by atoms with van der Waals surface area (Å²) in [5, 5.41) is 4.78. The number of oxime groups is 1. The highest BCUT2D eigenvalue weighted by molar-refractivity contribution is 6.06. The van der Waals surface area contributed by atoms with Gasteiger partial charge >= 0.3 is 0 Å². The number of nitrogens with two attached hydrogens (primary N) is 2. The quantitative estimate of drug-likeness (QED) is 0.384. The molecule has 5 N–H and O–H groups in total. The number of H-pyrrole nitrogens is 1. The zero-order chi connectivity index (χ0) is 17.8. The molecule has 1 heterocycles. The number of rotatable bonds is 4. The fourth-order valence-electron chi connectivity index (χ4n) is 2.39. The number of hydrogen-bond donors (Lipinski definition) is 3. The second-order valence-electron chi connectivity index (χ2n) is 5.49. The molecule has 1 aromatic heterocycles. The first-order valence-electron chi connectivity index (χ1n) is 7.74. The maximum Gasteiger partial charge on any atom is 0.276 e. The van der Waals surface area contributed by atoms with Crippen LogP contribution in [0.1, 0.15) is 16.1 Å². The van der Waals surface area contributed by atoms with Crippen LogP contribution in [-0.4, -0.2) is 28.8 Å². The van der Waals surface area contributed by atoms with Gasteiger partial charge in [0.15, 0.2) is 5.75 Å². The van der Waals surface area contributed by atoms with Crippen molar-refractivity contribution in [3.63, 3.8) is 0 Å². The van der Waals surface area contributed by atoms with Gasteiger partial charge in [-0.2, -0.15) is 0 Å². The summed E-state index contributed by atoms with van der Waals surface area (Å²) in [6.45, 7) is 0.315. The van der Waals surface area contributed by atoms with Crippen LogP contribution >= 0.6 is 0 Å². The topological polar surface area (TPSA) is 110 Å². The number of para-hydroxylation sites is 2. The number of benzene rings is 2. The van der Waals surface area contributed by atoms with E-state index in [1.165, 1.54) is 11.9 Å². The first-order chi connectivity index (χ1) is 12.1. The van der Waals surface area contributed by atoms with E-state index in [1.54, 1.807) is 18.2 Å². The summed E-state index contributed by atoms with van der Waals surface area (Å²) in [5.41, 5.74) is 13.6. The van der Waals surface area contributed by atoms with Crippen LogP contribution in [-0.2, 0) is 6.54 Å². The van der Waals surface area contributed by atoms with Crippen LogP contribution in [0.15, 0.2) is 59.8 Å². The highest BCUT2D eigenvalue weighted by Crippen LogP contribution is 2.18.